The van der Waals surface area contributed by atoms with E-state index >= 15 is 0 Å². The van der Waals surface area contributed by atoms with Crippen LogP contribution in [-0.4, -0.2) is 36.8 Å². The quantitative estimate of drug-likeness (QED) is 0.496. The first-order valence-electron chi connectivity index (χ1n) is 6.44. The molecule has 0 bridgehead atoms. The summed E-state index contributed by atoms with van der Waals surface area (Å²) in [7, 11) is 2.42. The average Bonchev–Trinajstić information content (AvgIpc) is 2.59. The van der Waals surface area contributed by atoms with Crippen molar-refractivity contribution in [3.05, 3.63) is 51.7 Å². The van der Waals surface area contributed by atoms with Crippen molar-refractivity contribution >= 4 is 23.3 Å². The molecule has 9 nitrogen and oxygen atoms in total. The summed E-state index contributed by atoms with van der Waals surface area (Å²) >= 11 is 0. The number of benzene rings is 1. The van der Waals surface area contributed by atoms with E-state index < -0.39 is 22.8 Å². The van der Waals surface area contributed by atoms with Crippen molar-refractivity contribution in [2.75, 3.05) is 14.2 Å². The summed E-state index contributed by atoms with van der Waals surface area (Å²) in [6.45, 7) is 0. The molecule has 0 spiro atoms. The van der Waals surface area contributed by atoms with E-state index in [4.69, 9.17) is 0 Å². The van der Waals surface area contributed by atoms with Crippen molar-refractivity contribution in [2.24, 2.45) is 5.10 Å². The lowest BCUT2D eigenvalue weighted by Gasteiger charge is -2.20. The van der Waals surface area contributed by atoms with Crippen LogP contribution in [0.3, 0.4) is 0 Å². The number of carbonyl (C=O) groups is 2. The number of carbonyl (C=O) groups excluding carboxylic acids is 2. The molecule has 1 aliphatic rings. The first kappa shape index (κ1) is 16.1. The van der Waals surface area contributed by atoms with Crippen molar-refractivity contribution < 1.29 is 24.0 Å². The van der Waals surface area contributed by atoms with Gasteiger partial charge in [0.05, 0.1) is 25.1 Å². The zero-order valence-corrected chi connectivity index (χ0v) is 12.3. The van der Waals surface area contributed by atoms with E-state index in [0.29, 0.717) is 5.56 Å². The molecular weight excluding hydrogens is 306 g/mol. The Kier molecular flexibility index (Phi) is 4.69. The summed E-state index contributed by atoms with van der Waals surface area (Å²) in [5.41, 5.74) is 2.97. The summed E-state index contributed by atoms with van der Waals surface area (Å²) in [5, 5.41) is 14.6. The maximum atomic E-state index is 11.8. The lowest BCUT2D eigenvalue weighted by atomic mass is 9.92. The molecule has 9 heteroatoms. The van der Waals surface area contributed by atoms with Gasteiger partial charge in [0.2, 0.25) is 0 Å². The molecule has 1 aromatic rings. The predicted octanol–water partition coefficient (Wildman–Crippen LogP) is 0.867. The van der Waals surface area contributed by atoms with Gasteiger partial charge in [-0.1, -0.05) is 12.1 Å². The van der Waals surface area contributed by atoms with Crippen molar-refractivity contribution in [2.45, 2.75) is 5.92 Å². The van der Waals surface area contributed by atoms with Crippen LogP contribution >= 0.6 is 0 Å². The van der Waals surface area contributed by atoms with Crippen LogP contribution in [0.5, 0.6) is 0 Å². The number of hydrogen-bond acceptors (Lipinski definition) is 8. The van der Waals surface area contributed by atoms with Crippen molar-refractivity contribution in [3.63, 3.8) is 0 Å². The second-order valence-electron chi connectivity index (χ2n) is 4.50. The summed E-state index contributed by atoms with van der Waals surface area (Å²) in [4.78, 5) is 33.6. The van der Waals surface area contributed by atoms with Crippen molar-refractivity contribution in [1.29, 1.82) is 0 Å². The predicted molar refractivity (Wildman–Crippen MR) is 78.5 cm³/mol. The molecule has 0 saturated carbocycles. The molecule has 120 valence electrons. The van der Waals surface area contributed by atoms with Gasteiger partial charge in [0, 0.05) is 12.1 Å². The molecule has 1 unspecified atom stereocenters. The van der Waals surface area contributed by atoms with Crippen LogP contribution < -0.4 is 5.43 Å². The zero-order chi connectivity index (χ0) is 17.0. The molecule has 0 fully saturated rings. The minimum atomic E-state index is -0.696. The molecule has 1 aliphatic heterocycles. The zero-order valence-electron chi connectivity index (χ0n) is 12.3. The topological polar surface area (TPSA) is 120 Å². The summed E-state index contributed by atoms with van der Waals surface area (Å²) in [5.74, 6) is -2.02. The van der Waals surface area contributed by atoms with Gasteiger partial charge in [-0.05, 0) is 11.6 Å². The number of nitro benzene ring substituents is 1. The summed E-state index contributed by atoms with van der Waals surface area (Å²) in [6, 6.07) is 5.58. The van der Waals surface area contributed by atoms with Gasteiger partial charge in [-0.15, -0.1) is 0 Å². The number of nitrogens with one attached hydrogen (secondary N) is 1. The highest BCUT2D eigenvalue weighted by atomic mass is 16.6. The van der Waals surface area contributed by atoms with Gasteiger partial charge in [-0.25, -0.2) is 9.59 Å². The van der Waals surface area contributed by atoms with Gasteiger partial charge < -0.3 is 9.47 Å². The maximum absolute atomic E-state index is 11.8. The Morgan fingerprint density at radius 3 is 2.30 bits per heavy atom. The fraction of sp³-hybridized carbons (Fsp3) is 0.214. The third kappa shape index (κ3) is 3.34. The van der Waals surface area contributed by atoms with Crippen LogP contribution in [-0.2, 0) is 19.1 Å². The molecule has 23 heavy (non-hydrogen) atoms. The molecule has 2 rings (SSSR count). The number of allylic oxidation sites excluding steroid dienone is 1. The van der Waals surface area contributed by atoms with Gasteiger partial charge in [0.25, 0.3) is 5.69 Å². The minimum absolute atomic E-state index is 0.0222. The highest BCUT2D eigenvalue weighted by Gasteiger charge is 2.29. The first-order valence-corrected chi connectivity index (χ1v) is 6.44. The van der Waals surface area contributed by atoms with Crippen molar-refractivity contribution in [1.82, 2.24) is 5.43 Å². The Balaban J connectivity index is 2.42. The van der Waals surface area contributed by atoms with Gasteiger partial charge in [0.15, 0.2) is 5.71 Å². The largest absolute Gasteiger partial charge is 0.464 e. The number of nitro groups is 1. The van der Waals surface area contributed by atoms with Crippen LogP contribution in [0.2, 0.25) is 0 Å². The van der Waals surface area contributed by atoms with E-state index in [9.17, 15) is 19.7 Å². The molecule has 0 aromatic heterocycles. The van der Waals surface area contributed by atoms with Crippen LogP contribution in [0.1, 0.15) is 11.5 Å². The number of hydrazone groups is 1. The number of esters is 2. The normalized spacial score (nSPS) is 16.5. The smallest absolute Gasteiger partial charge is 0.355 e. The van der Waals surface area contributed by atoms with Gasteiger partial charge in [-0.2, -0.15) is 5.10 Å². The number of non-ortho nitro benzene ring substituents is 1. The lowest BCUT2D eigenvalue weighted by molar-refractivity contribution is -0.384. The standard InChI is InChI=1S/C14H13N3O6/c1-22-13(18)11-7-10(12(16-15-11)14(19)23-2)8-3-5-9(6-4-8)17(20)21/h3-7,10,15H,1-2H3. The maximum Gasteiger partial charge on any atom is 0.355 e. The van der Waals surface area contributed by atoms with E-state index in [2.05, 4.69) is 20.0 Å². The van der Waals surface area contributed by atoms with E-state index in [1.54, 1.807) is 0 Å². The lowest BCUT2D eigenvalue weighted by Crippen LogP contribution is -2.32. The molecule has 0 saturated heterocycles. The highest BCUT2D eigenvalue weighted by molar-refractivity contribution is 6.39. The molecule has 1 heterocycles. The Bertz CT molecular complexity index is 708. The number of rotatable bonds is 4. The summed E-state index contributed by atoms with van der Waals surface area (Å²) in [6.07, 6.45) is 1.45. The molecular formula is C14H13N3O6. The van der Waals surface area contributed by atoms with E-state index in [1.807, 2.05) is 0 Å². The first-order chi connectivity index (χ1) is 11.0. The number of hydrogen-bond donors (Lipinski definition) is 1. The SMILES string of the molecule is COC(=O)C1=CC(c2ccc([N+](=O)[O-])cc2)C(C(=O)OC)=NN1. The number of nitrogens with zero attached hydrogens (tertiary/aromatic N) is 2. The minimum Gasteiger partial charge on any atom is -0.464 e. The van der Waals surface area contributed by atoms with Crippen LogP contribution in [0, 0.1) is 10.1 Å². The molecule has 1 aromatic carbocycles. The fourth-order valence-electron chi connectivity index (χ4n) is 2.03. The van der Waals surface area contributed by atoms with Crippen LogP contribution in [0.4, 0.5) is 5.69 Å². The Morgan fingerprint density at radius 1 is 1.17 bits per heavy atom. The van der Waals surface area contributed by atoms with Crippen molar-refractivity contribution in [3.8, 4) is 0 Å². The molecule has 0 aliphatic carbocycles. The molecule has 0 radical (unpaired) electrons. The number of ether oxygens (including phenoxy) is 2. The molecule has 0 amide bonds. The molecule has 1 atom stereocenters. The van der Waals surface area contributed by atoms with Gasteiger partial charge >= 0.3 is 11.9 Å². The summed E-state index contributed by atoms with van der Waals surface area (Å²) < 4.78 is 9.26. The van der Waals surface area contributed by atoms with E-state index in [-0.39, 0.29) is 17.1 Å². The van der Waals surface area contributed by atoms with E-state index in [0.717, 1.165) is 0 Å². The Hall–Kier alpha value is -3.23. The average molecular weight is 319 g/mol. The van der Waals surface area contributed by atoms with Gasteiger partial charge in [0.1, 0.15) is 5.70 Å². The van der Waals surface area contributed by atoms with Crippen LogP contribution in [0.15, 0.2) is 41.1 Å². The Morgan fingerprint density at radius 2 is 1.78 bits per heavy atom. The Labute approximate surface area is 130 Å². The number of methoxy groups -OCH3 is 2. The highest BCUT2D eigenvalue weighted by Crippen LogP contribution is 2.26. The third-order valence-electron chi connectivity index (χ3n) is 3.19. The second kappa shape index (κ2) is 6.69. The van der Waals surface area contributed by atoms with E-state index in [1.165, 1.54) is 44.6 Å². The molecule has 1 N–H and O–H groups in total. The van der Waals surface area contributed by atoms with Gasteiger partial charge in [-0.3, -0.25) is 15.5 Å². The monoisotopic (exact) mass is 319 g/mol. The van der Waals surface area contributed by atoms with Crippen LogP contribution in [0.25, 0.3) is 0 Å². The second-order valence-corrected chi connectivity index (χ2v) is 4.50. The third-order valence-corrected chi connectivity index (χ3v) is 3.19. The fourth-order valence-corrected chi connectivity index (χ4v) is 2.03.